The van der Waals surface area contributed by atoms with E-state index in [4.69, 9.17) is 0 Å². The Bertz CT molecular complexity index is 1270. The van der Waals surface area contributed by atoms with Gasteiger partial charge >= 0.3 is 0 Å². The van der Waals surface area contributed by atoms with E-state index < -0.39 is 0 Å². The van der Waals surface area contributed by atoms with Crippen LogP contribution in [0.2, 0.25) is 0 Å². The van der Waals surface area contributed by atoms with Crippen molar-refractivity contribution in [3.8, 4) is 0 Å². The van der Waals surface area contributed by atoms with Crippen LogP contribution in [0.3, 0.4) is 0 Å². The monoisotopic (exact) mass is 338 g/mol. The Kier molecular flexibility index (Phi) is 3.31. The number of hydrogen-bond acceptors (Lipinski definition) is 5. The maximum atomic E-state index is 4.60. The van der Waals surface area contributed by atoms with Crippen molar-refractivity contribution < 1.29 is 0 Å². The lowest BCUT2D eigenvalue weighted by Gasteiger charge is -2.07. The number of pyridine rings is 2. The number of hydrogen-bond donors (Lipinski definition) is 1. The zero-order chi connectivity index (χ0) is 17.3. The summed E-state index contributed by atoms with van der Waals surface area (Å²) in [6.07, 6.45) is 7.30. The first kappa shape index (κ1) is 14.5. The zero-order valence-electron chi connectivity index (χ0n) is 13.7. The highest BCUT2D eigenvalue weighted by Crippen LogP contribution is 2.21. The molecule has 0 aliphatic heterocycles. The van der Waals surface area contributed by atoms with Gasteiger partial charge in [0.1, 0.15) is 0 Å². The van der Waals surface area contributed by atoms with Gasteiger partial charge in [0.25, 0.3) is 0 Å². The van der Waals surface area contributed by atoms with E-state index in [0.29, 0.717) is 11.5 Å². The molecule has 1 aromatic carbocycles. The topological polar surface area (TPSA) is 67.5 Å². The first-order chi connectivity index (χ1) is 12.9. The first-order valence-electron chi connectivity index (χ1n) is 8.25. The number of nitrogens with one attached hydrogen (secondary N) is 1. The molecule has 0 saturated heterocycles. The van der Waals surface area contributed by atoms with Gasteiger partial charge in [-0.15, -0.1) is 0 Å². The van der Waals surface area contributed by atoms with Crippen LogP contribution in [-0.4, -0.2) is 25.6 Å². The molecule has 26 heavy (non-hydrogen) atoms. The molecule has 5 rings (SSSR count). The summed E-state index contributed by atoms with van der Waals surface area (Å²) in [7, 11) is 0. The SMILES string of the molecule is C(=N\Nc1nc2ncccc2n2cccc12)/c1ccnc2ccccc12. The van der Waals surface area contributed by atoms with Gasteiger partial charge in [-0.05, 0) is 36.4 Å². The Labute approximate surface area is 148 Å². The standard InChI is InChI=1S/C20H14N6/c1-2-6-16-15(5-1)14(9-11-21-16)13-23-25-20-18-8-4-12-26(18)17-7-3-10-22-19(17)24-20/h1-13H,(H,22,24,25)/b23-13+. The number of hydrazone groups is 1. The number of aromatic nitrogens is 4. The number of benzene rings is 1. The van der Waals surface area contributed by atoms with E-state index in [1.807, 2.05) is 60.8 Å². The van der Waals surface area contributed by atoms with Crippen LogP contribution in [0.25, 0.3) is 27.6 Å². The minimum absolute atomic E-state index is 0.663. The van der Waals surface area contributed by atoms with Crippen molar-refractivity contribution in [2.75, 3.05) is 5.43 Å². The summed E-state index contributed by atoms with van der Waals surface area (Å²) in [6, 6.07) is 17.8. The lowest BCUT2D eigenvalue weighted by molar-refractivity contribution is 1.16. The number of fused-ring (bicyclic) bond motifs is 4. The minimum Gasteiger partial charge on any atom is -0.310 e. The largest absolute Gasteiger partial charge is 0.310 e. The van der Waals surface area contributed by atoms with E-state index in [2.05, 4.69) is 29.9 Å². The predicted molar refractivity (Wildman–Crippen MR) is 103 cm³/mol. The maximum Gasteiger partial charge on any atom is 0.178 e. The van der Waals surface area contributed by atoms with Crippen molar-refractivity contribution in [2.45, 2.75) is 0 Å². The molecule has 0 aliphatic rings. The molecule has 0 aliphatic carbocycles. The average molecular weight is 338 g/mol. The van der Waals surface area contributed by atoms with Crippen molar-refractivity contribution in [1.29, 1.82) is 0 Å². The molecule has 0 spiro atoms. The fourth-order valence-corrected chi connectivity index (χ4v) is 3.09. The van der Waals surface area contributed by atoms with Crippen LogP contribution in [0.5, 0.6) is 0 Å². The van der Waals surface area contributed by atoms with Crippen molar-refractivity contribution >= 4 is 39.6 Å². The lowest BCUT2D eigenvalue weighted by atomic mass is 10.1. The Morgan fingerprint density at radius 2 is 1.81 bits per heavy atom. The van der Waals surface area contributed by atoms with Gasteiger partial charge in [0.2, 0.25) is 0 Å². The molecule has 0 bridgehead atoms. The molecule has 0 radical (unpaired) electrons. The van der Waals surface area contributed by atoms with Gasteiger partial charge < -0.3 is 4.40 Å². The Balaban J connectivity index is 1.55. The second-order valence-electron chi connectivity index (χ2n) is 5.86. The quantitative estimate of drug-likeness (QED) is 0.400. The van der Waals surface area contributed by atoms with E-state index in [0.717, 1.165) is 27.5 Å². The fraction of sp³-hybridized carbons (Fsp3) is 0. The second kappa shape index (κ2) is 5.93. The molecule has 0 atom stereocenters. The number of nitrogens with zero attached hydrogens (tertiary/aromatic N) is 5. The van der Waals surface area contributed by atoms with Crippen LogP contribution < -0.4 is 5.43 Å². The van der Waals surface area contributed by atoms with Crippen LogP contribution in [0.4, 0.5) is 5.82 Å². The Morgan fingerprint density at radius 1 is 0.885 bits per heavy atom. The Morgan fingerprint density at radius 3 is 2.81 bits per heavy atom. The first-order valence-corrected chi connectivity index (χ1v) is 8.25. The van der Waals surface area contributed by atoms with Crippen LogP contribution in [0, 0.1) is 0 Å². The molecule has 6 heteroatoms. The molecular weight excluding hydrogens is 324 g/mol. The van der Waals surface area contributed by atoms with Crippen LogP contribution in [-0.2, 0) is 0 Å². The minimum atomic E-state index is 0.663. The molecule has 6 nitrogen and oxygen atoms in total. The highest BCUT2D eigenvalue weighted by molar-refractivity contribution is 5.98. The van der Waals surface area contributed by atoms with E-state index in [9.17, 15) is 0 Å². The van der Waals surface area contributed by atoms with Crippen molar-refractivity contribution in [2.24, 2.45) is 5.10 Å². The predicted octanol–water partition coefficient (Wildman–Crippen LogP) is 3.88. The summed E-state index contributed by atoms with van der Waals surface area (Å²) in [6.45, 7) is 0. The zero-order valence-corrected chi connectivity index (χ0v) is 13.7. The van der Waals surface area contributed by atoms with Crippen molar-refractivity contribution in [3.05, 3.63) is 78.8 Å². The molecule has 0 amide bonds. The van der Waals surface area contributed by atoms with Crippen LogP contribution >= 0.6 is 0 Å². The van der Waals surface area contributed by atoms with E-state index >= 15 is 0 Å². The molecular formula is C20H14N6. The smallest absolute Gasteiger partial charge is 0.178 e. The van der Waals surface area contributed by atoms with Gasteiger partial charge in [0.15, 0.2) is 11.5 Å². The highest BCUT2D eigenvalue weighted by Gasteiger charge is 2.07. The second-order valence-corrected chi connectivity index (χ2v) is 5.86. The molecule has 1 N–H and O–H groups in total. The van der Waals surface area contributed by atoms with E-state index in [1.165, 1.54) is 0 Å². The van der Waals surface area contributed by atoms with Gasteiger partial charge in [-0.1, -0.05) is 18.2 Å². The number of para-hydroxylation sites is 1. The lowest BCUT2D eigenvalue weighted by Crippen LogP contribution is -2.00. The number of rotatable bonds is 3. The molecule has 124 valence electrons. The number of anilines is 1. The van der Waals surface area contributed by atoms with Gasteiger partial charge in [0.05, 0.1) is 22.8 Å². The Hall–Kier alpha value is -3.80. The third-order valence-electron chi connectivity index (χ3n) is 4.29. The van der Waals surface area contributed by atoms with Gasteiger partial charge in [-0.2, -0.15) is 5.10 Å². The fourth-order valence-electron chi connectivity index (χ4n) is 3.09. The normalized spacial score (nSPS) is 11.7. The molecule has 0 unspecified atom stereocenters. The molecule has 0 fully saturated rings. The average Bonchev–Trinajstić information content (AvgIpc) is 3.19. The summed E-state index contributed by atoms with van der Waals surface area (Å²) in [5.74, 6) is 0.663. The van der Waals surface area contributed by atoms with Gasteiger partial charge in [0, 0.05) is 29.5 Å². The van der Waals surface area contributed by atoms with Gasteiger partial charge in [-0.25, -0.2) is 9.97 Å². The maximum absolute atomic E-state index is 4.60. The van der Waals surface area contributed by atoms with Crippen molar-refractivity contribution in [1.82, 2.24) is 19.4 Å². The molecule has 5 aromatic rings. The van der Waals surface area contributed by atoms with E-state index in [-0.39, 0.29) is 0 Å². The summed E-state index contributed by atoms with van der Waals surface area (Å²) >= 11 is 0. The molecule has 4 heterocycles. The van der Waals surface area contributed by atoms with Crippen molar-refractivity contribution in [3.63, 3.8) is 0 Å². The summed E-state index contributed by atoms with van der Waals surface area (Å²) < 4.78 is 2.05. The third-order valence-corrected chi connectivity index (χ3v) is 4.29. The molecule has 4 aromatic heterocycles. The summed E-state index contributed by atoms with van der Waals surface area (Å²) in [5, 5.41) is 5.45. The third kappa shape index (κ3) is 2.36. The highest BCUT2D eigenvalue weighted by atomic mass is 15.3. The summed E-state index contributed by atoms with van der Waals surface area (Å²) in [5.41, 5.74) is 7.57. The van der Waals surface area contributed by atoms with Gasteiger partial charge in [-0.3, -0.25) is 10.4 Å². The molecule has 0 saturated carbocycles. The van der Waals surface area contributed by atoms with E-state index in [1.54, 1.807) is 18.6 Å². The van der Waals surface area contributed by atoms with Crippen LogP contribution in [0.15, 0.2) is 78.3 Å². The van der Waals surface area contributed by atoms with Crippen LogP contribution in [0.1, 0.15) is 5.56 Å². The summed E-state index contributed by atoms with van der Waals surface area (Å²) in [4.78, 5) is 13.3.